The van der Waals surface area contributed by atoms with Crippen molar-refractivity contribution in [3.63, 3.8) is 0 Å². The van der Waals surface area contributed by atoms with Crippen molar-refractivity contribution in [3.8, 4) is 5.75 Å². The molecule has 1 amide bonds. The van der Waals surface area contributed by atoms with Crippen LogP contribution in [0.15, 0.2) is 18.2 Å². The summed E-state index contributed by atoms with van der Waals surface area (Å²) in [4.78, 5) is 23.4. The lowest BCUT2D eigenvalue weighted by Gasteiger charge is -2.17. The van der Waals surface area contributed by atoms with Crippen LogP contribution in [0.5, 0.6) is 5.75 Å². The number of aliphatic carboxylic acids is 1. The molecule has 1 atom stereocenters. The Balaban J connectivity index is 2.32. The Labute approximate surface area is 96.1 Å². The number of carbonyl (C=O) groups is 2. The van der Waals surface area contributed by atoms with Gasteiger partial charge in [0.05, 0.1) is 11.6 Å². The quantitative estimate of drug-likeness (QED) is 0.806. The van der Waals surface area contributed by atoms with Crippen LogP contribution in [0, 0.1) is 11.7 Å². The molecule has 1 aromatic carbocycles. The lowest BCUT2D eigenvalue weighted by molar-refractivity contribution is -0.141. The van der Waals surface area contributed by atoms with E-state index in [-0.39, 0.29) is 24.4 Å². The number of carbonyl (C=O) groups excluding carboxylic acids is 1. The van der Waals surface area contributed by atoms with E-state index in [1.807, 2.05) is 0 Å². The van der Waals surface area contributed by atoms with Gasteiger partial charge in [-0.1, -0.05) is 0 Å². The highest BCUT2D eigenvalue weighted by Crippen LogP contribution is 2.32. The number of anilines is 1. The monoisotopic (exact) mass is 239 g/mol. The number of carboxylic acid groups (broad SMARTS) is 1. The maximum absolute atomic E-state index is 13.0. The Kier molecular flexibility index (Phi) is 2.71. The molecule has 1 aromatic rings. The minimum absolute atomic E-state index is 0.0127. The number of nitrogens with zero attached hydrogens (tertiary/aromatic N) is 1. The topological polar surface area (TPSA) is 77.8 Å². The van der Waals surface area contributed by atoms with Gasteiger partial charge in [0.1, 0.15) is 11.6 Å². The first-order valence-corrected chi connectivity index (χ1v) is 5.00. The lowest BCUT2D eigenvalue weighted by atomic mass is 10.1. The molecule has 1 unspecified atom stereocenters. The van der Waals surface area contributed by atoms with E-state index >= 15 is 0 Å². The van der Waals surface area contributed by atoms with Crippen molar-refractivity contribution < 1.29 is 24.2 Å². The Morgan fingerprint density at radius 3 is 2.76 bits per heavy atom. The standard InChI is InChI=1S/C11H10FNO4/c12-7-1-2-9(14)8(4-7)13-5-6(11(16)17)3-10(13)15/h1-2,4,6,14H,3,5H2,(H,16,17). The van der Waals surface area contributed by atoms with E-state index in [9.17, 15) is 19.1 Å². The minimum Gasteiger partial charge on any atom is -0.506 e. The van der Waals surface area contributed by atoms with E-state index < -0.39 is 23.6 Å². The lowest BCUT2D eigenvalue weighted by Crippen LogP contribution is -2.25. The summed E-state index contributed by atoms with van der Waals surface area (Å²) < 4.78 is 13.0. The van der Waals surface area contributed by atoms with E-state index in [0.717, 1.165) is 23.1 Å². The number of amides is 1. The van der Waals surface area contributed by atoms with Crippen LogP contribution in [0.3, 0.4) is 0 Å². The van der Waals surface area contributed by atoms with Crippen LogP contribution in [0.2, 0.25) is 0 Å². The van der Waals surface area contributed by atoms with Gasteiger partial charge < -0.3 is 15.1 Å². The fraction of sp³-hybridized carbons (Fsp3) is 0.273. The molecule has 0 radical (unpaired) electrons. The van der Waals surface area contributed by atoms with E-state index in [2.05, 4.69) is 0 Å². The molecule has 0 saturated carbocycles. The predicted octanol–water partition coefficient (Wildman–Crippen LogP) is 0.969. The first kappa shape index (κ1) is 11.4. The van der Waals surface area contributed by atoms with Crippen LogP contribution in [-0.2, 0) is 9.59 Å². The molecule has 1 aliphatic rings. The molecule has 1 aliphatic heterocycles. The molecule has 0 aromatic heterocycles. The number of phenols is 1. The molecule has 1 fully saturated rings. The third-order valence-corrected chi connectivity index (χ3v) is 2.70. The minimum atomic E-state index is -1.07. The summed E-state index contributed by atoms with van der Waals surface area (Å²) in [6.45, 7) is -0.0504. The van der Waals surface area contributed by atoms with Crippen LogP contribution in [0.4, 0.5) is 10.1 Å². The summed E-state index contributed by atoms with van der Waals surface area (Å²) in [7, 11) is 0. The van der Waals surface area contributed by atoms with Crippen molar-refractivity contribution in [3.05, 3.63) is 24.0 Å². The summed E-state index contributed by atoms with van der Waals surface area (Å²) in [6.07, 6.45) is -0.134. The smallest absolute Gasteiger partial charge is 0.308 e. The third-order valence-electron chi connectivity index (χ3n) is 2.70. The maximum Gasteiger partial charge on any atom is 0.308 e. The van der Waals surface area contributed by atoms with Gasteiger partial charge >= 0.3 is 5.97 Å². The molecule has 0 aliphatic carbocycles. The first-order chi connectivity index (χ1) is 7.99. The van der Waals surface area contributed by atoms with Gasteiger partial charge in [-0.15, -0.1) is 0 Å². The zero-order chi connectivity index (χ0) is 12.6. The van der Waals surface area contributed by atoms with Crippen molar-refractivity contribution in [2.45, 2.75) is 6.42 Å². The number of benzene rings is 1. The normalized spacial score (nSPS) is 19.7. The van der Waals surface area contributed by atoms with E-state index in [0.29, 0.717) is 0 Å². The SMILES string of the molecule is O=C(O)C1CC(=O)N(c2cc(F)ccc2O)C1. The van der Waals surface area contributed by atoms with Gasteiger partial charge in [0.25, 0.3) is 0 Å². The van der Waals surface area contributed by atoms with Gasteiger partial charge in [-0.25, -0.2) is 4.39 Å². The number of halogens is 1. The Morgan fingerprint density at radius 1 is 1.47 bits per heavy atom. The van der Waals surface area contributed by atoms with Crippen LogP contribution >= 0.6 is 0 Å². The number of hydrogen-bond donors (Lipinski definition) is 2. The molecule has 2 N–H and O–H groups in total. The highest BCUT2D eigenvalue weighted by atomic mass is 19.1. The summed E-state index contributed by atoms with van der Waals surface area (Å²) in [5.74, 6) is -3.16. The highest BCUT2D eigenvalue weighted by Gasteiger charge is 2.36. The second-order valence-corrected chi connectivity index (χ2v) is 3.88. The Hall–Kier alpha value is -2.11. The van der Waals surface area contributed by atoms with Gasteiger partial charge in [-0.05, 0) is 12.1 Å². The van der Waals surface area contributed by atoms with Crippen LogP contribution in [0.25, 0.3) is 0 Å². The van der Waals surface area contributed by atoms with E-state index in [1.165, 1.54) is 0 Å². The predicted molar refractivity (Wildman–Crippen MR) is 56.2 cm³/mol. The zero-order valence-electron chi connectivity index (χ0n) is 8.76. The summed E-state index contributed by atoms with van der Waals surface area (Å²) in [6, 6.07) is 3.21. The number of phenolic OH excluding ortho intramolecular Hbond substituents is 1. The maximum atomic E-state index is 13.0. The van der Waals surface area contributed by atoms with E-state index in [1.54, 1.807) is 0 Å². The first-order valence-electron chi connectivity index (χ1n) is 5.00. The van der Waals surface area contributed by atoms with Crippen molar-refractivity contribution in [2.24, 2.45) is 5.92 Å². The molecule has 1 saturated heterocycles. The van der Waals surface area contributed by atoms with Crippen molar-refractivity contribution >= 4 is 17.6 Å². The van der Waals surface area contributed by atoms with Gasteiger partial charge in [-0.3, -0.25) is 9.59 Å². The number of carboxylic acids is 1. The molecule has 5 nitrogen and oxygen atoms in total. The fourth-order valence-corrected chi connectivity index (χ4v) is 1.82. The fourth-order valence-electron chi connectivity index (χ4n) is 1.82. The molecule has 2 rings (SSSR count). The average molecular weight is 239 g/mol. The summed E-state index contributed by atoms with van der Waals surface area (Å²) in [5.41, 5.74) is 0.0127. The molecule has 6 heteroatoms. The number of rotatable bonds is 2. The zero-order valence-corrected chi connectivity index (χ0v) is 8.76. The Bertz CT molecular complexity index is 488. The van der Waals surface area contributed by atoms with Crippen molar-refractivity contribution in [2.75, 3.05) is 11.4 Å². The van der Waals surface area contributed by atoms with Crippen molar-refractivity contribution in [1.29, 1.82) is 0 Å². The van der Waals surface area contributed by atoms with Crippen LogP contribution < -0.4 is 4.90 Å². The van der Waals surface area contributed by atoms with Gasteiger partial charge in [0.2, 0.25) is 5.91 Å². The van der Waals surface area contributed by atoms with Crippen LogP contribution in [-0.4, -0.2) is 28.6 Å². The molecular weight excluding hydrogens is 229 g/mol. The number of hydrogen-bond acceptors (Lipinski definition) is 3. The highest BCUT2D eigenvalue weighted by molar-refractivity contribution is 6.00. The molecule has 1 heterocycles. The van der Waals surface area contributed by atoms with E-state index in [4.69, 9.17) is 5.11 Å². The number of aromatic hydroxyl groups is 1. The van der Waals surface area contributed by atoms with Crippen molar-refractivity contribution in [1.82, 2.24) is 0 Å². The Morgan fingerprint density at radius 2 is 2.18 bits per heavy atom. The van der Waals surface area contributed by atoms with Crippen LogP contribution in [0.1, 0.15) is 6.42 Å². The summed E-state index contributed by atoms with van der Waals surface area (Å²) in [5, 5.41) is 18.3. The molecule has 90 valence electrons. The second kappa shape index (κ2) is 4.04. The molecule has 17 heavy (non-hydrogen) atoms. The summed E-state index contributed by atoms with van der Waals surface area (Å²) >= 11 is 0. The molecular formula is C11H10FNO4. The molecule has 0 bridgehead atoms. The second-order valence-electron chi connectivity index (χ2n) is 3.88. The third kappa shape index (κ3) is 2.06. The van der Waals surface area contributed by atoms with Gasteiger partial charge in [0.15, 0.2) is 0 Å². The van der Waals surface area contributed by atoms with Gasteiger partial charge in [-0.2, -0.15) is 0 Å². The average Bonchev–Trinajstić information content (AvgIpc) is 2.64. The molecule has 0 spiro atoms. The largest absolute Gasteiger partial charge is 0.506 e. The van der Waals surface area contributed by atoms with Gasteiger partial charge in [0, 0.05) is 19.0 Å².